The van der Waals surface area contributed by atoms with Crippen molar-refractivity contribution < 1.29 is 29.1 Å². The standard InChI is InChI=1S/C22H17ClN2O6/c1-11-9-17(24-31-11)25-19(13-5-8-15(26)16(10-13)30-2)18(21(28)22(25)29)20(27)12-3-6-14(23)7-4-12/h3-10,19,26-27H,1-2H3/b20-18+/t19-/m1/s1. The smallest absolute Gasteiger partial charge is 0.301 e. The van der Waals surface area contributed by atoms with Gasteiger partial charge in [0.2, 0.25) is 0 Å². The average Bonchev–Trinajstić information content (AvgIpc) is 3.29. The van der Waals surface area contributed by atoms with Gasteiger partial charge >= 0.3 is 5.91 Å². The van der Waals surface area contributed by atoms with E-state index in [1.54, 1.807) is 31.2 Å². The van der Waals surface area contributed by atoms with E-state index in [4.69, 9.17) is 20.9 Å². The highest BCUT2D eigenvalue weighted by Gasteiger charge is 2.48. The van der Waals surface area contributed by atoms with Crippen LogP contribution in [-0.4, -0.2) is 34.2 Å². The lowest BCUT2D eigenvalue weighted by atomic mass is 9.95. The molecule has 0 aliphatic carbocycles. The van der Waals surface area contributed by atoms with Gasteiger partial charge in [0.25, 0.3) is 5.78 Å². The summed E-state index contributed by atoms with van der Waals surface area (Å²) < 4.78 is 10.3. The van der Waals surface area contributed by atoms with Gasteiger partial charge in [-0.15, -0.1) is 0 Å². The zero-order chi connectivity index (χ0) is 22.3. The molecule has 1 aliphatic heterocycles. The molecule has 0 radical (unpaired) electrons. The summed E-state index contributed by atoms with van der Waals surface area (Å²) in [6, 6.07) is 11.1. The van der Waals surface area contributed by atoms with Gasteiger partial charge in [-0.25, -0.2) is 0 Å². The van der Waals surface area contributed by atoms with Gasteiger partial charge in [-0.2, -0.15) is 0 Å². The maximum Gasteiger partial charge on any atom is 0.301 e. The lowest BCUT2D eigenvalue weighted by molar-refractivity contribution is -0.132. The first-order chi connectivity index (χ1) is 14.8. The van der Waals surface area contributed by atoms with Crippen LogP contribution in [0.4, 0.5) is 5.82 Å². The summed E-state index contributed by atoms with van der Waals surface area (Å²) in [6.07, 6.45) is 0. The molecule has 8 nitrogen and oxygen atoms in total. The number of phenolic OH excluding ortho intramolecular Hbond substituents is 1. The van der Waals surface area contributed by atoms with Gasteiger partial charge in [0.15, 0.2) is 17.3 Å². The molecular formula is C22H17ClN2O6. The molecule has 1 atom stereocenters. The van der Waals surface area contributed by atoms with Gasteiger partial charge in [0, 0.05) is 16.7 Å². The summed E-state index contributed by atoms with van der Waals surface area (Å²) in [5.41, 5.74) is 0.597. The number of hydrogen-bond acceptors (Lipinski definition) is 7. The lowest BCUT2D eigenvalue weighted by Gasteiger charge is -2.23. The Kier molecular flexibility index (Phi) is 5.16. The number of ketones is 1. The molecule has 0 saturated carbocycles. The molecule has 0 bridgehead atoms. The number of methoxy groups -OCH3 is 1. The van der Waals surface area contributed by atoms with Crippen LogP contribution in [0.25, 0.3) is 5.76 Å². The predicted octanol–water partition coefficient (Wildman–Crippen LogP) is 3.98. The second-order valence-electron chi connectivity index (χ2n) is 6.90. The topological polar surface area (TPSA) is 113 Å². The molecule has 1 amide bonds. The van der Waals surface area contributed by atoms with E-state index in [1.165, 1.54) is 31.4 Å². The molecular weight excluding hydrogens is 424 g/mol. The Morgan fingerprint density at radius 3 is 2.48 bits per heavy atom. The molecule has 2 heterocycles. The largest absolute Gasteiger partial charge is 0.507 e. The number of carbonyl (C=O) groups excluding carboxylic acids is 2. The van der Waals surface area contributed by atoms with E-state index in [1.807, 2.05) is 0 Å². The van der Waals surface area contributed by atoms with Gasteiger partial charge in [-0.3, -0.25) is 14.5 Å². The third-order valence-electron chi connectivity index (χ3n) is 4.94. The van der Waals surface area contributed by atoms with Crippen LogP contribution < -0.4 is 9.64 Å². The first kappa shape index (κ1) is 20.5. The van der Waals surface area contributed by atoms with Crippen molar-refractivity contribution in [2.24, 2.45) is 0 Å². The minimum absolute atomic E-state index is 0.113. The Morgan fingerprint density at radius 1 is 1.16 bits per heavy atom. The number of carbonyl (C=O) groups is 2. The van der Waals surface area contributed by atoms with E-state index in [0.717, 1.165) is 4.90 Å². The van der Waals surface area contributed by atoms with Crippen LogP contribution in [0.15, 0.2) is 58.6 Å². The second kappa shape index (κ2) is 7.81. The predicted molar refractivity (Wildman–Crippen MR) is 112 cm³/mol. The summed E-state index contributed by atoms with van der Waals surface area (Å²) >= 11 is 5.92. The van der Waals surface area contributed by atoms with Crippen molar-refractivity contribution in [2.45, 2.75) is 13.0 Å². The Hall–Kier alpha value is -3.78. The number of nitrogens with zero attached hydrogens (tertiary/aromatic N) is 2. The number of aliphatic hydroxyl groups is 1. The summed E-state index contributed by atoms with van der Waals surface area (Å²) in [5.74, 6) is -1.53. The number of benzene rings is 2. The number of halogens is 1. The molecule has 158 valence electrons. The molecule has 3 aromatic rings. The molecule has 1 aromatic heterocycles. The molecule has 1 aliphatic rings. The van der Waals surface area contributed by atoms with Crippen molar-refractivity contribution >= 4 is 34.9 Å². The maximum atomic E-state index is 13.0. The third kappa shape index (κ3) is 3.51. The molecule has 1 fully saturated rings. The molecule has 0 spiro atoms. The first-order valence-electron chi connectivity index (χ1n) is 9.19. The third-order valence-corrected chi connectivity index (χ3v) is 5.20. The number of aliphatic hydroxyl groups excluding tert-OH is 1. The summed E-state index contributed by atoms with van der Waals surface area (Å²) in [4.78, 5) is 27.1. The fraction of sp³-hybridized carbons (Fsp3) is 0.136. The van der Waals surface area contributed by atoms with Crippen LogP contribution in [0, 0.1) is 6.92 Å². The van der Waals surface area contributed by atoms with Gasteiger partial charge in [0.1, 0.15) is 11.5 Å². The summed E-state index contributed by atoms with van der Waals surface area (Å²) in [6.45, 7) is 1.65. The van der Waals surface area contributed by atoms with Gasteiger partial charge in [-0.1, -0.05) is 22.8 Å². The van der Waals surface area contributed by atoms with Crippen molar-refractivity contribution in [3.05, 3.63) is 76.0 Å². The number of aryl methyl sites for hydroxylation is 1. The Bertz CT molecular complexity index is 1210. The molecule has 1 saturated heterocycles. The number of ether oxygens (including phenoxy) is 1. The Balaban J connectivity index is 1.96. The highest BCUT2D eigenvalue weighted by molar-refractivity contribution is 6.51. The second-order valence-corrected chi connectivity index (χ2v) is 7.34. The highest BCUT2D eigenvalue weighted by Crippen LogP contribution is 2.43. The van der Waals surface area contributed by atoms with Crippen molar-refractivity contribution in [3.8, 4) is 11.5 Å². The van der Waals surface area contributed by atoms with Gasteiger partial charge < -0.3 is 19.5 Å². The van der Waals surface area contributed by atoms with E-state index < -0.39 is 17.7 Å². The van der Waals surface area contributed by atoms with E-state index in [9.17, 15) is 19.8 Å². The SMILES string of the molecule is COc1cc([C@@H]2/C(=C(\O)c3ccc(Cl)cc3)C(=O)C(=O)N2c2cc(C)on2)ccc1O. The Labute approximate surface area is 181 Å². The van der Waals surface area contributed by atoms with Crippen LogP contribution in [0.1, 0.15) is 22.9 Å². The van der Waals surface area contributed by atoms with Crippen LogP contribution in [-0.2, 0) is 9.59 Å². The zero-order valence-electron chi connectivity index (χ0n) is 16.5. The first-order valence-corrected chi connectivity index (χ1v) is 9.56. The number of Topliss-reactive ketones (excluding diaryl/α,β-unsaturated/α-hetero) is 1. The van der Waals surface area contributed by atoms with E-state index in [-0.39, 0.29) is 28.6 Å². The van der Waals surface area contributed by atoms with Crippen LogP contribution in [0.5, 0.6) is 11.5 Å². The number of anilines is 1. The normalized spacial score (nSPS) is 17.9. The van der Waals surface area contributed by atoms with Crippen molar-refractivity contribution in [3.63, 3.8) is 0 Å². The molecule has 31 heavy (non-hydrogen) atoms. The van der Waals surface area contributed by atoms with E-state index >= 15 is 0 Å². The molecule has 4 rings (SSSR count). The Morgan fingerprint density at radius 2 is 1.87 bits per heavy atom. The fourth-order valence-corrected chi connectivity index (χ4v) is 3.60. The number of phenols is 1. The highest BCUT2D eigenvalue weighted by atomic mass is 35.5. The minimum atomic E-state index is -1.03. The monoisotopic (exact) mass is 440 g/mol. The van der Waals surface area contributed by atoms with Crippen LogP contribution in [0.2, 0.25) is 5.02 Å². The number of rotatable bonds is 4. The zero-order valence-corrected chi connectivity index (χ0v) is 17.3. The van der Waals surface area contributed by atoms with Crippen molar-refractivity contribution in [1.29, 1.82) is 0 Å². The number of aromatic hydroxyl groups is 1. The maximum absolute atomic E-state index is 13.0. The van der Waals surface area contributed by atoms with Crippen molar-refractivity contribution in [1.82, 2.24) is 5.16 Å². The summed E-state index contributed by atoms with van der Waals surface area (Å²) in [7, 11) is 1.38. The van der Waals surface area contributed by atoms with Gasteiger partial charge in [-0.05, 0) is 48.9 Å². The molecule has 9 heteroatoms. The molecule has 0 unspecified atom stereocenters. The van der Waals surface area contributed by atoms with Crippen molar-refractivity contribution in [2.75, 3.05) is 12.0 Å². The molecule has 2 N–H and O–H groups in total. The fourth-order valence-electron chi connectivity index (χ4n) is 3.48. The quantitative estimate of drug-likeness (QED) is 0.358. The van der Waals surface area contributed by atoms with Crippen LogP contribution in [0.3, 0.4) is 0 Å². The minimum Gasteiger partial charge on any atom is -0.507 e. The number of amides is 1. The average molecular weight is 441 g/mol. The molecule has 2 aromatic carbocycles. The number of hydrogen-bond donors (Lipinski definition) is 2. The van der Waals surface area contributed by atoms with E-state index in [0.29, 0.717) is 21.9 Å². The lowest BCUT2D eigenvalue weighted by Crippen LogP contribution is -2.29. The van der Waals surface area contributed by atoms with Gasteiger partial charge in [0.05, 0.1) is 18.7 Å². The van der Waals surface area contributed by atoms with Crippen LogP contribution >= 0.6 is 11.6 Å². The number of aromatic nitrogens is 1. The summed E-state index contributed by atoms with van der Waals surface area (Å²) in [5, 5.41) is 25.3. The van der Waals surface area contributed by atoms with E-state index in [2.05, 4.69) is 5.16 Å².